The van der Waals surface area contributed by atoms with Gasteiger partial charge in [0, 0.05) is 47.3 Å². The fourth-order valence-electron chi connectivity index (χ4n) is 4.74. The second-order valence-electron chi connectivity index (χ2n) is 9.98. The third-order valence-electron chi connectivity index (χ3n) is 6.20. The Hall–Kier alpha value is -3.35. The number of hydrogen-bond acceptors (Lipinski definition) is 5. The van der Waals surface area contributed by atoms with E-state index in [4.69, 9.17) is 9.15 Å². The molecule has 3 aromatic rings. The van der Waals surface area contributed by atoms with Gasteiger partial charge in [-0.3, -0.25) is 9.78 Å². The minimum Gasteiger partial charge on any atom is -0.464 e. The first kappa shape index (κ1) is 20.5. The molecule has 0 bridgehead atoms. The van der Waals surface area contributed by atoms with E-state index in [0.717, 1.165) is 35.1 Å². The molecule has 0 radical (unpaired) electrons. The van der Waals surface area contributed by atoms with Gasteiger partial charge in [0.25, 0.3) is 5.91 Å². The number of carbonyl (C=O) groups is 2. The van der Waals surface area contributed by atoms with Crippen LogP contribution in [0, 0.1) is 5.41 Å². The highest BCUT2D eigenvalue weighted by Gasteiger charge is 2.54. The lowest BCUT2D eigenvalue weighted by Gasteiger charge is -2.58. The Bertz CT molecular complexity index is 1160. The number of nitrogens with one attached hydrogen (secondary N) is 1. The number of furan rings is 1. The number of fused-ring (bicyclic) bond motifs is 1. The van der Waals surface area contributed by atoms with Crippen molar-refractivity contribution in [2.75, 3.05) is 13.1 Å². The molecule has 0 atom stereocenters. The molecule has 1 aromatic carbocycles. The third kappa shape index (κ3) is 3.83. The maximum Gasteiger partial charge on any atom is 0.410 e. The van der Waals surface area contributed by atoms with E-state index in [-0.39, 0.29) is 23.5 Å². The number of carbonyl (C=O) groups excluding carboxylic acids is 2. The maximum absolute atomic E-state index is 12.7. The number of amides is 2. The molecule has 1 saturated carbocycles. The zero-order chi connectivity index (χ0) is 22.5. The van der Waals surface area contributed by atoms with Gasteiger partial charge >= 0.3 is 6.09 Å². The van der Waals surface area contributed by atoms with Gasteiger partial charge in [0.15, 0.2) is 0 Å². The first-order valence-corrected chi connectivity index (χ1v) is 10.9. The first-order chi connectivity index (χ1) is 15.2. The summed E-state index contributed by atoms with van der Waals surface area (Å²) in [6, 6.07) is 11.4. The van der Waals surface area contributed by atoms with Gasteiger partial charge in [0.1, 0.15) is 11.2 Å². The smallest absolute Gasteiger partial charge is 0.410 e. The van der Waals surface area contributed by atoms with E-state index in [9.17, 15) is 9.59 Å². The Morgan fingerprint density at radius 1 is 1.12 bits per heavy atom. The van der Waals surface area contributed by atoms with Crippen molar-refractivity contribution in [3.8, 4) is 11.3 Å². The molecule has 32 heavy (non-hydrogen) atoms. The van der Waals surface area contributed by atoms with Gasteiger partial charge in [-0.2, -0.15) is 0 Å². The predicted molar refractivity (Wildman–Crippen MR) is 120 cm³/mol. The summed E-state index contributed by atoms with van der Waals surface area (Å²) < 4.78 is 10.9. The van der Waals surface area contributed by atoms with Crippen LogP contribution in [0.1, 0.15) is 44.0 Å². The van der Waals surface area contributed by atoms with Crippen LogP contribution in [0.15, 0.2) is 53.3 Å². The Kier molecular flexibility index (Phi) is 4.73. The van der Waals surface area contributed by atoms with Crippen LogP contribution in [-0.2, 0) is 4.74 Å². The highest BCUT2D eigenvalue weighted by Crippen LogP contribution is 2.48. The second-order valence-corrected chi connectivity index (χ2v) is 9.98. The summed E-state index contributed by atoms with van der Waals surface area (Å²) in [6.45, 7) is 7.02. The topological polar surface area (TPSA) is 84.7 Å². The summed E-state index contributed by atoms with van der Waals surface area (Å²) in [5.41, 5.74) is 2.84. The second kappa shape index (κ2) is 7.36. The molecule has 7 heteroatoms. The fourth-order valence-corrected chi connectivity index (χ4v) is 4.74. The van der Waals surface area contributed by atoms with Crippen LogP contribution in [-0.4, -0.2) is 46.6 Å². The minimum absolute atomic E-state index is 0.0748. The Morgan fingerprint density at radius 2 is 1.84 bits per heavy atom. The van der Waals surface area contributed by atoms with Crippen LogP contribution in [0.2, 0.25) is 0 Å². The lowest BCUT2D eigenvalue weighted by molar-refractivity contribution is -0.0812. The largest absolute Gasteiger partial charge is 0.464 e. The number of aromatic nitrogens is 1. The molecule has 1 aliphatic heterocycles. The van der Waals surface area contributed by atoms with Crippen molar-refractivity contribution < 1.29 is 18.7 Å². The van der Waals surface area contributed by atoms with Gasteiger partial charge in [-0.15, -0.1) is 0 Å². The lowest BCUT2D eigenvalue weighted by atomic mass is 9.60. The van der Waals surface area contributed by atoms with E-state index < -0.39 is 5.60 Å². The molecule has 1 spiro atoms. The van der Waals surface area contributed by atoms with Gasteiger partial charge in [0.05, 0.1) is 12.0 Å². The quantitative estimate of drug-likeness (QED) is 0.651. The number of likely N-dealkylation sites (tertiary alicyclic amines) is 1. The Morgan fingerprint density at radius 3 is 2.53 bits per heavy atom. The van der Waals surface area contributed by atoms with Crippen LogP contribution < -0.4 is 5.32 Å². The van der Waals surface area contributed by atoms with Gasteiger partial charge in [-0.05, 0) is 57.9 Å². The number of rotatable bonds is 3. The zero-order valence-corrected chi connectivity index (χ0v) is 18.6. The SMILES string of the molecule is CC(C)(C)OC(=O)N1CC2(CC(NC(=O)c3ccc(-c4nccc5occc45)cc3)C2)C1. The Labute approximate surface area is 186 Å². The number of ether oxygens (including phenoxy) is 1. The molecule has 0 unspecified atom stereocenters. The zero-order valence-electron chi connectivity index (χ0n) is 18.6. The highest BCUT2D eigenvalue weighted by atomic mass is 16.6. The molecule has 5 rings (SSSR count). The predicted octanol–water partition coefficient (Wildman–Crippen LogP) is 4.62. The van der Waals surface area contributed by atoms with Gasteiger partial charge in [0.2, 0.25) is 0 Å². The molecule has 1 aliphatic carbocycles. The summed E-state index contributed by atoms with van der Waals surface area (Å²) >= 11 is 0. The summed E-state index contributed by atoms with van der Waals surface area (Å²) in [6.07, 6.45) is 4.90. The van der Waals surface area contributed by atoms with Crippen molar-refractivity contribution in [2.24, 2.45) is 5.41 Å². The molecule has 2 aliphatic rings. The summed E-state index contributed by atoms with van der Waals surface area (Å²) in [5, 5.41) is 4.07. The lowest BCUT2D eigenvalue weighted by Crippen LogP contribution is -2.67. The molecule has 1 N–H and O–H groups in total. The van der Waals surface area contributed by atoms with Crippen LogP contribution in [0.5, 0.6) is 0 Å². The van der Waals surface area contributed by atoms with Crippen molar-refractivity contribution in [1.29, 1.82) is 0 Å². The van der Waals surface area contributed by atoms with Gasteiger partial charge < -0.3 is 19.4 Å². The summed E-state index contributed by atoms with van der Waals surface area (Å²) in [7, 11) is 0. The normalized spacial score (nSPS) is 17.7. The minimum atomic E-state index is -0.480. The number of nitrogens with zero attached hydrogens (tertiary/aromatic N) is 2. The molecule has 3 heterocycles. The summed E-state index contributed by atoms with van der Waals surface area (Å²) in [5.74, 6) is -0.0748. The van der Waals surface area contributed by atoms with Gasteiger partial charge in [-0.1, -0.05) is 12.1 Å². The highest BCUT2D eigenvalue weighted by molar-refractivity contribution is 5.96. The van der Waals surface area contributed by atoms with Crippen molar-refractivity contribution >= 4 is 23.0 Å². The standard InChI is InChI=1S/C25H27N3O4/c1-24(2,3)32-23(30)28-14-25(15-28)12-18(13-25)27-22(29)17-6-4-16(5-7-17)21-19-9-11-31-20(19)8-10-26-21/h4-11,18H,12-15H2,1-3H3,(H,27,29). The fraction of sp³-hybridized carbons (Fsp3) is 0.400. The molecule has 166 valence electrons. The molecule has 7 nitrogen and oxygen atoms in total. The van der Waals surface area contributed by atoms with Crippen molar-refractivity contribution in [3.63, 3.8) is 0 Å². The molecule has 2 fully saturated rings. The number of hydrogen-bond donors (Lipinski definition) is 1. The van der Waals surface area contributed by atoms with E-state index in [0.29, 0.717) is 18.7 Å². The number of pyridine rings is 1. The van der Waals surface area contributed by atoms with Gasteiger partial charge in [-0.25, -0.2) is 4.79 Å². The average molecular weight is 434 g/mol. The number of benzene rings is 1. The average Bonchev–Trinajstić information content (AvgIpc) is 3.16. The monoisotopic (exact) mass is 433 g/mol. The van der Waals surface area contributed by atoms with E-state index in [2.05, 4.69) is 10.3 Å². The van der Waals surface area contributed by atoms with E-state index in [1.165, 1.54) is 0 Å². The molecule has 2 aromatic heterocycles. The van der Waals surface area contributed by atoms with Crippen molar-refractivity contribution in [2.45, 2.75) is 45.3 Å². The van der Waals surface area contributed by atoms with Crippen LogP contribution in [0.3, 0.4) is 0 Å². The van der Waals surface area contributed by atoms with E-state index in [1.807, 2.05) is 57.2 Å². The first-order valence-electron chi connectivity index (χ1n) is 10.9. The molecular formula is C25H27N3O4. The maximum atomic E-state index is 12.7. The van der Waals surface area contributed by atoms with Crippen LogP contribution in [0.25, 0.3) is 22.2 Å². The summed E-state index contributed by atoms with van der Waals surface area (Å²) in [4.78, 5) is 31.0. The van der Waals surface area contributed by atoms with E-state index >= 15 is 0 Å². The molecular weight excluding hydrogens is 406 g/mol. The van der Waals surface area contributed by atoms with Crippen molar-refractivity contribution in [3.05, 3.63) is 54.4 Å². The van der Waals surface area contributed by atoms with E-state index in [1.54, 1.807) is 17.4 Å². The molecule has 1 saturated heterocycles. The Balaban J connectivity index is 1.15. The molecule has 2 amide bonds. The van der Waals surface area contributed by atoms with Crippen LogP contribution in [0.4, 0.5) is 4.79 Å². The third-order valence-corrected chi connectivity index (χ3v) is 6.20. The van der Waals surface area contributed by atoms with Crippen molar-refractivity contribution in [1.82, 2.24) is 15.2 Å². The van der Waals surface area contributed by atoms with Crippen LogP contribution >= 0.6 is 0 Å².